The Morgan fingerprint density at radius 3 is 2.30 bits per heavy atom. The molecule has 2 rings (SSSR count). The van der Waals surface area contributed by atoms with Crippen molar-refractivity contribution >= 4 is 27.5 Å². The van der Waals surface area contributed by atoms with E-state index in [1.165, 1.54) is 26.2 Å². The van der Waals surface area contributed by atoms with Crippen molar-refractivity contribution in [2.24, 2.45) is 22.7 Å². The Morgan fingerprint density at radius 2 is 1.78 bits per heavy atom. The van der Waals surface area contributed by atoms with Crippen molar-refractivity contribution in [2.75, 3.05) is 13.7 Å². The molecule has 148 valence electrons. The summed E-state index contributed by atoms with van der Waals surface area (Å²) in [6.45, 7) is 6.37. The molecule has 0 spiro atoms. The minimum absolute atomic E-state index is 0.0575. The first-order valence-corrected chi connectivity index (χ1v) is 10.2. The molecular weight excluding hydrogens is 370 g/mol. The van der Waals surface area contributed by atoms with Crippen molar-refractivity contribution in [2.45, 2.75) is 37.5 Å². The number of hydrogen-bond acceptors (Lipinski definition) is 7. The molecule has 0 aliphatic carbocycles. The molecule has 1 aliphatic heterocycles. The fourth-order valence-electron chi connectivity index (χ4n) is 3.79. The molecule has 7 nitrogen and oxygen atoms in total. The van der Waals surface area contributed by atoms with Gasteiger partial charge < -0.3 is 9.47 Å². The maximum absolute atomic E-state index is 13.4. The van der Waals surface area contributed by atoms with Gasteiger partial charge in [-0.25, -0.2) is 8.42 Å². The minimum Gasteiger partial charge on any atom is -0.469 e. The van der Waals surface area contributed by atoms with E-state index in [0.717, 1.165) is 0 Å². The highest BCUT2D eigenvalue weighted by molar-refractivity contribution is 7.92. The van der Waals surface area contributed by atoms with Crippen LogP contribution in [0.25, 0.3) is 0 Å². The molecule has 0 bridgehead atoms. The third kappa shape index (κ3) is 3.50. The zero-order valence-electron chi connectivity index (χ0n) is 16.1. The molecule has 0 fully saturated rings. The molecule has 0 amide bonds. The molecule has 0 saturated carbocycles. The monoisotopic (exact) mass is 395 g/mol. The van der Waals surface area contributed by atoms with Crippen molar-refractivity contribution in [1.82, 2.24) is 0 Å². The lowest BCUT2D eigenvalue weighted by molar-refractivity contribution is -0.154. The van der Waals surface area contributed by atoms with Crippen LogP contribution in [0.15, 0.2) is 40.2 Å². The lowest BCUT2D eigenvalue weighted by Gasteiger charge is -2.42. The number of sulfone groups is 1. The summed E-state index contributed by atoms with van der Waals surface area (Å²) in [5.74, 6) is -3.90. The Bertz CT molecular complexity index is 848. The molecular formula is C19H25NO6S. The molecule has 1 aromatic carbocycles. The van der Waals surface area contributed by atoms with Crippen molar-refractivity contribution < 1.29 is 27.5 Å². The van der Waals surface area contributed by atoms with Crippen LogP contribution in [0.4, 0.5) is 0 Å². The van der Waals surface area contributed by atoms with Gasteiger partial charge in [0.1, 0.15) is 5.92 Å². The third-order valence-electron chi connectivity index (χ3n) is 5.07. The van der Waals surface area contributed by atoms with Crippen molar-refractivity contribution in [3.8, 4) is 0 Å². The Balaban J connectivity index is 2.71. The molecule has 4 atom stereocenters. The fraction of sp³-hybridized carbons (Fsp3) is 0.526. The quantitative estimate of drug-likeness (QED) is 0.709. The molecule has 1 heterocycles. The summed E-state index contributed by atoms with van der Waals surface area (Å²) < 4.78 is 36.9. The smallest absolute Gasteiger partial charge is 0.314 e. The number of esters is 2. The van der Waals surface area contributed by atoms with Crippen LogP contribution in [0.3, 0.4) is 0 Å². The topological polar surface area (TPSA) is 99.1 Å². The summed E-state index contributed by atoms with van der Waals surface area (Å²) in [6.07, 6.45) is 0. The highest BCUT2D eigenvalue weighted by Crippen LogP contribution is 2.45. The molecule has 8 heteroatoms. The largest absolute Gasteiger partial charge is 0.469 e. The Hall–Kier alpha value is -2.22. The van der Waals surface area contributed by atoms with Crippen molar-refractivity contribution in [3.05, 3.63) is 30.3 Å². The first-order chi connectivity index (χ1) is 12.6. The molecule has 1 aromatic rings. The third-order valence-corrected chi connectivity index (χ3v) is 7.40. The summed E-state index contributed by atoms with van der Waals surface area (Å²) in [5, 5.41) is 0. The Morgan fingerprint density at radius 1 is 1.19 bits per heavy atom. The summed E-state index contributed by atoms with van der Waals surface area (Å²) in [7, 11) is -2.79. The van der Waals surface area contributed by atoms with Gasteiger partial charge in [-0.15, -0.1) is 0 Å². The average molecular weight is 395 g/mol. The van der Waals surface area contributed by atoms with E-state index < -0.39 is 44.4 Å². The number of aliphatic imine (C=N–C) groups is 1. The first kappa shape index (κ1) is 21.1. The molecule has 0 saturated heterocycles. The zero-order chi connectivity index (χ0) is 20.4. The number of benzene rings is 1. The molecule has 0 radical (unpaired) electrons. The lowest BCUT2D eigenvalue weighted by atomic mass is 9.74. The van der Waals surface area contributed by atoms with E-state index in [2.05, 4.69) is 4.99 Å². The Labute approximate surface area is 159 Å². The van der Waals surface area contributed by atoms with Gasteiger partial charge in [-0.1, -0.05) is 25.1 Å². The van der Waals surface area contributed by atoms with Crippen LogP contribution in [0.1, 0.15) is 27.7 Å². The molecule has 1 aliphatic rings. The van der Waals surface area contributed by atoms with Gasteiger partial charge in [-0.2, -0.15) is 0 Å². The van der Waals surface area contributed by atoms with E-state index in [9.17, 15) is 18.0 Å². The van der Waals surface area contributed by atoms with Crippen LogP contribution in [-0.4, -0.2) is 44.7 Å². The SMILES string of the molecule is CCOC(=O)C1C(C)C(C(=O)OC)C(C)=NC1(C)S(=O)(=O)c1ccccc1. The van der Waals surface area contributed by atoms with Crippen molar-refractivity contribution in [1.29, 1.82) is 0 Å². The first-order valence-electron chi connectivity index (χ1n) is 8.72. The molecule has 0 N–H and O–H groups in total. The van der Waals surface area contributed by atoms with Gasteiger partial charge in [0.15, 0.2) is 4.87 Å². The number of ether oxygens (including phenoxy) is 2. The van der Waals surface area contributed by atoms with Gasteiger partial charge in [-0.05, 0) is 38.8 Å². The second-order valence-corrected chi connectivity index (χ2v) is 9.02. The molecule has 4 unspecified atom stereocenters. The predicted molar refractivity (Wildman–Crippen MR) is 99.9 cm³/mol. The van der Waals surface area contributed by atoms with Crippen LogP contribution in [0.5, 0.6) is 0 Å². The Kier molecular flexibility index (Phi) is 6.09. The predicted octanol–water partition coefficient (Wildman–Crippen LogP) is 2.26. The highest BCUT2D eigenvalue weighted by atomic mass is 32.2. The fourth-order valence-corrected chi connectivity index (χ4v) is 5.69. The van der Waals surface area contributed by atoms with E-state index in [-0.39, 0.29) is 11.5 Å². The molecule has 0 aromatic heterocycles. The van der Waals surface area contributed by atoms with Crippen LogP contribution < -0.4 is 0 Å². The van der Waals surface area contributed by atoms with Gasteiger partial charge in [0.2, 0.25) is 9.84 Å². The van der Waals surface area contributed by atoms with E-state index in [1.54, 1.807) is 39.0 Å². The van der Waals surface area contributed by atoms with E-state index in [1.807, 2.05) is 0 Å². The van der Waals surface area contributed by atoms with Crippen LogP contribution in [0.2, 0.25) is 0 Å². The number of rotatable bonds is 5. The number of nitrogens with zero attached hydrogens (tertiary/aromatic N) is 1. The highest BCUT2D eigenvalue weighted by Gasteiger charge is 2.58. The maximum atomic E-state index is 13.4. The summed E-state index contributed by atoms with van der Waals surface area (Å²) in [5.41, 5.74) is 0.317. The molecule has 27 heavy (non-hydrogen) atoms. The number of carbonyl (C=O) groups excluding carboxylic acids is 2. The second-order valence-electron chi connectivity index (χ2n) is 6.71. The van der Waals surface area contributed by atoms with Gasteiger partial charge in [0, 0.05) is 5.71 Å². The van der Waals surface area contributed by atoms with Gasteiger partial charge >= 0.3 is 11.9 Å². The van der Waals surface area contributed by atoms with E-state index in [0.29, 0.717) is 5.71 Å². The van der Waals surface area contributed by atoms with Crippen LogP contribution in [0, 0.1) is 17.8 Å². The number of carbonyl (C=O) groups is 2. The van der Waals surface area contributed by atoms with Gasteiger partial charge in [-0.3, -0.25) is 14.6 Å². The second kappa shape index (κ2) is 7.80. The lowest BCUT2D eigenvalue weighted by Crippen LogP contribution is -2.56. The standard InChI is InChI=1S/C19H25NO6S/c1-6-26-18(22)16-12(2)15(17(21)25-5)13(3)20-19(16,4)27(23,24)14-10-8-7-9-11-14/h7-12,15-16H,6H2,1-5H3. The number of methoxy groups -OCH3 is 1. The maximum Gasteiger partial charge on any atom is 0.314 e. The van der Waals surface area contributed by atoms with E-state index in [4.69, 9.17) is 9.47 Å². The van der Waals surface area contributed by atoms with Crippen LogP contribution in [-0.2, 0) is 28.9 Å². The summed E-state index contributed by atoms with van der Waals surface area (Å²) in [4.78, 5) is 27.6. The zero-order valence-corrected chi connectivity index (χ0v) is 16.9. The van der Waals surface area contributed by atoms with Gasteiger partial charge in [0.05, 0.1) is 24.5 Å². The minimum atomic E-state index is -4.04. The summed E-state index contributed by atoms with van der Waals surface area (Å²) >= 11 is 0. The summed E-state index contributed by atoms with van der Waals surface area (Å²) in [6, 6.07) is 7.84. The van der Waals surface area contributed by atoms with E-state index >= 15 is 0 Å². The van der Waals surface area contributed by atoms with Crippen LogP contribution >= 0.6 is 0 Å². The number of hydrogen-bond donors (Lipinski definition) is 0. The van der Waals surface area contributed by atoms with Crippen molar-refractivity contribution in [3.63, 3.8) is 0 Å². The van der Waals surface area contributed by atoms with Gasteiger partial charge in [0.25, 0.3) is 0 Å². The average Bonchev–Trinajstić information content (AvgIpc) is 2.61. The normalized spacial score (nSPS) is 28.2.